The first-order valence-corrected chi connectivity index (χ1v) is 11.3. The number of carbonyl (C=O) groups excluding carboxylic acids is 3. The van der Waals surface area contributed by atoms with E-state index in [0.29, 0.717) is 11.6 Å². The average molecular weight is 427 g/mol. The maximum Gasteiger partial charge on any atom is 0.325 e. The minimum absolute atomic E-state index is 0.0661. The van der Waals surface area contributed by atoms with Gasteiger partial charge >= 0.3 is 6.03 Å². The lowest BCUT2D eigenvalue weighted by molar-refractivity contribution is -0.136. The maximum absolute atomic E-state index is 13.0. The molecule has 8 heteroatoms. The van der Waals surface area contributed by atoms with Gasteiger partial charge in [-0.2, -0.15) is 0 Å². The summed E-state index contributed by atoms with van der Waals surface area (Å²) in [4.78, 5) is 43.4. The molecule has 2 unspecified atom stereocenters. The number of aryl methyl sites for hydroxylation is 1. The van der Waals surface area contributed by atoms with Crippen LogP contribution in [0.15, 0.2) is 29.6 Å². The molecule has 2 aliphatic rings. The molecule has 7 nitrogen and oxygen atoms in total. The smallest absolute Gasteiger partial charge is 0.323 e. The molecule has 1 saturated heterocycles. The molecule has 1 aromatic carbocycles. The van der Waals surface area contributed by atoms with E-state index >= 15 is 0 Å². The Morgan fingerprint density at radius 1 is 1.30 bits per heavy atom. The van der Waals surface area contributed by atoms with Crippen LogP contribution in [0.3, 0.4) is 0 Å². The van der Waals surface area contributed by atoms with Crippen molar-refractivity contribution in [3.05, 3.63) is 35.2 Å². The number of urea groups is 1. The zero-order valence-electron chi connectivity index (χ0n) is 17.2. The summed E-state index contributed by atoms with van der Waals surface area (Å²) in [5, 5.41) is 7.91. The summed E-state index contributed by atoms with van der Waals surface area (Å²) in [5.74, 6) is -0.650. The van der Waals surface area contributed by atoms with Gasteiger partial charge in [-0.05, 0) is 30.7 Å². The second kappa shape index (κ2) is 8.18. The molecule has 1 aromatic heterocycles. The number of hydrogen-bond donors (Lipinski definition) is 2. The number of imide groups is 1. The number of amides is 4. The molecular formula is C22H26N4O3S. The summed E-state index contributed by atoms with van der Waals surface area (Å²) in [6, 6.07) is 7.66. The highest BCUT2D eigenvalue weighted by molar-refractivity contribution is 7.14. The van der Waals surface area contributed by atoms with E-state index in [1.807, 2.05) is 24.4 Å². The van der Waals surface area contributed by atoms with Crippen LogP contribution in [0, 0.1) is 5.92 Å². The molecule has 0 bridgehead atoms. The van der Waals surface area contributed by atoms with Gasteiger partial charge < -0.3 is 10.6 Å². The van der Waals surface area contributed by atoms with Gasteiger partial charge in [0.15, 0.2) is 5.13 Å². The van der Waals surface area contributed by atoms with Crippen molar-refractivity contribution in [2.75, 3.05) is 11.9 Å². The van der Waals surface area contributed by atoms with Gasteiger partial charge in [-0.25, -0.2) is 9.78 Å². The Kier molecular flexibility index (Phi) is 5.60. The monoisotopic (exact) mass is 426 g/mol. The van der Waals surface area contributed by atoms with E-state index in [9.17, 15) is 14.4 Å². The number of carbonyl (C=O) groups is 3. The van der Waals surface area contributed by atoms with E-state index in [0.717, 1.165) is 41.8 Å². The molecule has 4 amide bonds. The molecule has 1 aliphatic heterocycles. The van der Waals surface area contributed by atoms with Crippen LogP contribution in [0.1, 0.15) is 45.1 Å². The SMILES string of the molecule is CCc1ccc(-c2csc(NC(=O)CN3C(=O)NC4(CCCCC4C)C3=O)n2)cc1. The molecule has 2 aromatic rings. The van der Waals surface area contributed by atoms with E-state index in [-0.39, 0.29) is 18.4 Å². The molecule has 2 N–H and O–H groups in total. The molecule has 0 radical (unpaired) electrons. The number of rotatable bonds is 5. The van der Waals surface area contributed by atoms with Gasteiger partial charge in [0, 0.05) is 10.9 Å². The summed E-state index contributed by atoms with van der Waals surface area (Å²) in [5.41, 5.74) is 2.16. The molecule has 2 fully saturated rings. The summed E-state index contributed by atoms with van der Waals surface area (Å²) >= 11 is 1.32. The first kappa shape index (κ1) is 20.5. The quantitative estimate of drug-likeness (QED) is 0.711. The van der Waals surface area contributed by atoms with Gasteiger partial charge in [-0.3, -0.25) is 14.5 Å². The minimum Gasteiger partial charge on any atom is -0.323 e. The molecule has 1 spiro atoms. The standard InChI is InChI=1S/C22H26N4O3S/c1-3-15-7-9-16(10-8-15)17-13-30-20(23-17)24-18(27)12-26-19(28)22(25-21(26)29)11-5-4-6-14(22)2/h7-10,13-14H,3-6,11-12H2,1-2H3,(H,25,29)(H,23,24,27). The van der Waals surface area contributed by atoms with Gasteiger partial charge in [0.2, 0.25) is 5.91 Å². The van der Waals surface area contributed by atoms with Crippen molar-refractivity contribution >= 4 is 34.3 Å². The second-order valence-electron chi connectivity index (χ2n) is 8.08. The third-order valence-corrected chi connectivity index (χ3v) is 6.97. The lowest BCUT2D eigenvalue weighted by Gasteiger charge is -2.36. The van der Waals surface area contributed by atoms with E-state index in [2.05, 4.69) is 34.7 Å². The lowest BCUT2D eigenvalue weighted by Crippen LogP contribution is -2.54. The van der Waals surface area contributed by atoms with Crippen LogP contribution >= 0.6 is 11.3 Å². The first-order valence-electron chi connectivity index (χ1n) is 10.4. The topological polar surface area (TPSA) is 91.4 Å². The molecule has 1 saturated carbocycles. The van der Waals surface area contributed by atoms with E-state index in [1.165, 1.54) is 16.9 Å². The van der Waals surface area contributed by atoms with Crippen LogP contribution in [0.2, 0.25) is 0 Å². The number of nitrogens with zero attached hydrogens (tertiary/aromatic N) is 2. The lowest BCUT2D eigenvalue weighted by atomic mass is 9.73. The molecule has 30 heavy (non-hydrogen) atoms. The number of anilines is 1. The number of thiazole rings is 1. The Balaban J connectivity index is 1.41. The van der Waals surface area contributed by atoms with Gasteiger partial charge in [-0.15, -0.1) is 11.3 Å². The number of hydrogen-bond acceptors (Lipinski definition) is 5. The minimum atomic E-state index is -0.853. The third-order valence-electron chi connectivity index (χ3n) is 6.21. The highest BCUT2D eigenvalue weighted by atomic mass is 32.1. The van der Waals surface area contributed by atoms with Crippen molar-refractivity contribution in [2.45, 2.75) is 51.5 Å². The second-order valence-corrected chi connectivity index (χ2v) is 8.93. The van der Waals surface area contributed by atoms with Crippen molar-refractivity contribution in [1.82, 2.24) is 15.2 Å². The molecular weight excluding hydrogens is 400 g/mol. The van der Waals surface area contributed by atoms with Crippen molar-refractivity contribution in [3.63, 3.8) is 0 Å². The summed E-state index contributed by atoms with van der Waals surface area (Å²) < 4.78 is 0. The van der Waals surface area contributed by atoms with Crippen LogP contribution in [0.5, 0.6) is 0 Å². The van der Waals surface area contributed by atoms with E-state index < -0.39 is 17.5 Å². The summed E-state index contributed by atoms with van der Waals surface area (Å²) in [6.07, 6.45) is 4.45. The van der Waals surface area contributed by atoms with Crippen molar-refractivity contribution in [3.8, 4) is 11.3 Å². The van der Waals surface area contributed by atoms with Gasteiger partial charge in [0.25, 0.3) is 5.91 Å². The maximum atomic E-state index is 13.0. The molecule has 2 heterocycles. The van der Waals surface area contributed by atoms with Crippen LogP contribution in [-0.2, 0) is 16.0 Å². The number of aromatic nitrogens is 1. The third kappa shape index (κ3) is 3.71. The van der Waals surface area contributed by atoms with E-state index in [1.54, 1.807) is 0 Å². The highest BCUT2D eigenvalue weighted by Gasteiger charge is 2.55. The fourth-order valence-corrected chi connectivity index (χ4v) is 5.05. The van der Waals surface area contributed by atoms with Crippen molar-refractivity contribution in [2.24, 2.45) is 5.92 Å². The van der Waals surface area contributed by atoms with Crippen LogP contribution in [-0.4, -0.2) is 39.8 Å². The first-order chi connectivity index (χ1) is 14.4. The predicted molar refractivity (Wildman–Crippen MR) is 116 cm³/mol. The van der Waals surface area contributed by atoms with Crippen molar-refractivity contribution < 1.29 is 14.4 Å². The molecule has 1 aliphatic carbocycles. The Morgan fingerprint density at radius 2 is 2.07 bits per heavy atom. The van der Waals surface area contributed by atoms with Crippen LogP contribution < -0.4 is 10.6 Å². The van der Waals surface area contributed by atoms with Gasteiger partial charge in [-0.1, -0.05) is 51.0 Å². The Bertz CT molecular complexity index is 971. The fraction of sp³-hybridized carbons (Fsp3) is 0.455. The molecule has 158 valence electrons. The zero-order valence-corrected chi connectivity index (χ0v) is 18.1. The van der Waals surface area contributed by atoms with Crippen LogP contribution in [0.25, 0.3) is 11.3 Å². The largest absolute Gasteiger partial charge is 0.325 e. The number of benzene rings is 1. The summed E-state index contributed by atoms with van der Waals surface area (Å²) in [6.45, 7) is 3.79. The fourth-order valence-electron chi connectivity index (χ4n) is 4.32. The Hall–Kier alpha value is -2.74. The average Bonchev–Trinajstić information content (AvgIpc) is 3.29. The number of nitrogens with one attached hydrogen (secondary N) is 2. The van der Waals surface area contributed by atoms with Crippen LogP contribution in [0.4, 0.5) is 9.93 Å². The zero-order chi connectivity index (χ0) is 21.3. The normalized spacial score (nSPS) is 23.7. The predicted octanol–water partition coefficient (Wildman–Crippen LogP) is 3.81. The molecule has 4 rings (SSSR count). The Morgan fingerprint density at radius 3 is 2.77 bits per heavy atom. The van der Waals surface area contributed by atoms with Crippen molar-refractivity contribution in [1.29, 1.82) is 0 Å². The summed E-state index contributed by atoms with van der Waals surface area (Å²) in [7, 11) is 0. The Labute approximate surface area is 179 Å². The highest BCUT2D eigenvalue weighted by Crippen LogP contribution is 2.38. The van der Waals surface area contributed by atoms with E-state index in [4.69, 9.17) is 0 Å². The van der Waals surface area contributed by atoms with Gasteiger partial charge in [0.05, 0.1) is 5.69 Å². The van der Waals surface area contributed by atoms with Gasteiger partial charge in [0.1, 0.15) is 12.1 Å². The molecule has 2 atom stereocenters.